The van der Waals surface area contributed by atoms with Crippen molar-refractivity contribution in [2.45, 2.75) is 45.7 Å². The Balaban J connectivity index is 1.32. The molecule has 1 aromatic carbocycles. The van der Waals surface area contributed by atoms with Gasteiger partial charge in [-0.3, -0.25) is 4.79 Å². The van der Waals surface area contributed by atoms with E-state index >= 15 is 0 Å². The van der Waals surface area contributed by atoms with Crippen molar-refractivity contribution in [2.75, 3.05) is 61.1 Å². The number of nitrogens with one attached hydrogen (secondary N) is 1. The molecule has 40 heavy (non-hydrogen) atoms. The van der Waals surface area contributed by atoms with Crippen molar-refractivity contribution in [1.82, 2.24) is 20.3 Å². The first-order valence-corrected chi connectivity index (χ1v) is 14.0. The summed E-state index contributed by atoms with van der Waals surface area (Å²) < 4.78 is 18.7. The number of aromatic nitrogens is 3. The summed E-state index contributed by atoms with van der Waals surface area (Å²) in [6.45, 7) is 10.6. The summed E-state index contributed by atoms with van der Waals surface area (Å²) >= 11 is 0. The van der Waals surface area contributed by atoms with Crippen LogP contribution in [0.4, 0.5) is 22.0 Å². The molecule has 2 aliphatic heterocycles. The number of pyridine rings is 1. The Kier molecular flexibility index (Phi) is 8.44. The maximum atomic E-state index is 13.6. The molecule has 212 valence electrons. The van der Waals surface area contributed by atoms with E-state index in [1.165, 1.54) is 12.1 Å². The van der Waals surface area contributed by atoms with E-state index in [0.717, 1.165) is 80.0 Å². The normalized spacial score (nSPS) is 18.2. The number of amides is 1. The smallest absolute Gasteiger partial charge is 0.253 e. The molecule has 0 radical (unpaired) electrons. The number of carbonyl (C=O) groups is 1. The van der Waals surface area contributed by atoms with Crippen LogP contribution in [0.3, 0.4) is 0 Å². The Bertz CT molecular complexity index is 1330. The zero-order valence-electron chi connectivity index (χ0n) is 23.7. The van der Waals surface area contributed by atoms with Crippen molar-refractivity contribution < 1.29 is 13.9 Å². The van der Waals surface area contributed by atoms with Crippen molar-refractivity contribution in [1.29, 1.82) is 0 Å². The molecule has 1 N–H and O–H groups in total. The van der Waals surface area contributed by atoms with Crippen molar-refractivity contribution in [2.24, 2.45) is 0 Å². The minimum Gasteiger partial charge on any atom is -0.383 e. The first-order valence-electron chi connectivity index (χ1n) is 14.0. The first kappa shape index (κ1) is 27.8. The van der Waals surface area contributed by atoms with Crippen LogP contribution in [0.15, 0.2) is 42.6 Å². The summed E-state index contributed by atoms with van der Waals surface area (Å²) in [5.41, 5.74) is 3.18. The van der Waals surface area contributed by atoms with Gasteiger partial charge < -0.3 is 24.8 Å². The number of hydrogen-bond donors (Lipinski definition) is 1. The quantitative estimate of drug-likeness (QED) is 0.452. The molecule has 0 saturated carbocycles. The topological polar surface area (TPSA) is 86.7 Å². The number of benzene rings is 1. The molecule has 10 heteroatoms. The maximum Gasteiger partial charge on any atom is 0.253 e. The van der Waals surface area contributed by atoms with Gasteiger partial charge in [0.15, 0.2) is 0 Å². The molecule has 2 saturated heterocycles. The number of ether oxygens (including phenoxy) is 1. The number of anilines is 3. The third-order valence-electron chi connectivity index (χ3n) is 7.66. The predicted molar refractivity (Wildman–Crippen MR) is 156 cm³/mol. The number of carbonyl (C=O) groups excluding carboxylic acids is 1. The average molecular weight is 548 g/mol. The highest BCUT2D eigenvalue weighted by Crippen LogP contribution is 2.30. The van der Waals surface area contributed by atoms with Gasteiger partial charge in [0.2, 0.25) is 5.95 Å². The minimum atomic E-state index is -0.263. The summed E-state index contributed by atoms with van der Waals surface area (Å²) in [6, 6.07) is 10.7. The van der Waals surface area contributed by atoms with Crippen molar-refractivity contribution in [3.05, 3.63) is 59.5 Å². The second-order valence-electron chi connectivity index (χ2n) is 10.8. The summed E-state index contributed by atoms with van der Waals surface area (Å²) in [5.74, 6) is 2.09. The van der Waals surface area contributed by atoms with Gasteiger partial charge in [0.05, 0.1) is 17.9 Å². The standard InChI is InChI=1S/C30H38FN7O2/c1-20-16-24(29(39)33-21(2)19-40-4)18-32-28(20)37-14-12-36(13-15-37)27-17-26(23-7-9-25(31)10-8-23)34-30(35-27)38-11-5-6-22(38)3/h7-10,16-18,21-22H,5-6,11-15,19H2,1-4H3,(H,33,39). The Morgan fingerprint density at radius 2 is 1.82 bits per heavy atom. The summed E-state index contributed by atoms with van der Waals surface area (Å²) in [4.78, 5) is 34.0. The van der Waals surface area contributed by atoms with Gasteiger partial charge in [-0.05, 0) is 69.5 Å². The number of rotatable bonds is 8. The highest BCUT2D eigenvalue weighted by molar-refractivity contribution is 5.94. The summed E-state index contributed by atoms with van der Waals surface area (Å²) in [7, 11) is 1.62. The first-order chi connectivity index (χ1) is 19.3. The molecule has 9 nitrogen and oxygen atoms in total. The largest absolute Gasteiger partial charge is 0.383 e. The molecule has 2 fully saturated rings. The van der Waals surface area contributed by atoms with E-state index in [1.54, 1.807) is 25.4 Å². The van der Waals surface area contributed by atoms with Crippen LogP contribution in [-0.4, -0.2) is 79.4 Å². The van der Waals surface area contributed by atoms with E-state index < -0.39 is 0 Å². The molecule has 2 unspecified atom stereocenters. The highest BCUT2D eigenvalue weighted by atomic mass is 19.1. The molecule has 0 bridgehead atoms. The fourth-order valence-electron chi connectivity index (χ4n) is 5.48. The number of piperazine rings is 1. The van der Waals surface area contributed by atoms with Gasteiger partial charge in [-0.1, -0.05) is 0 Å². The number of hydrogen-bond acceptors (Lipinski definition) is 8. The lowest BCUT2D eigenvalue weighted by Crippen LogP contribution is -2.47. The second-order valence-corrected chi connectivity index (χ2v) is 10.8. The fourth-order valence-corrected chi connectivity index (χ4v) is 5.48. The number of halogens is 1. The van der Waals surface area contributed by atoms with Gasteiger partial charge in [0.25, 0.3) is 5.91 Å². The van der Waals surface area contributed by atoms with Gasteiger partial charge in [0.1, 0.15) is 17.5 Å². The van der Waals surface area contributed by atoms with Crippen LogP contribution in [0.5, 0.6) is 0 Å². The van der Waals surface area contributed by atoms with Gasteiger partial charge in [-0.2, -0.15) is 4.98 Å². The van der Waals surface area contributed by atoms with Crippen LogP contribution in [0.25, 0.3) is 11.3 Å². The molecule has 0 aliphatic carbocycles. The van der Waals surface area contributed by atoms with E-state index in [0.29, 0.717) is 18.2 Å². The molecule has 1 amide bonds. The molecule has 2 aromatic heterocycles. The van der Waals surface area contributed by atoms with Gasteiger partial charge >= 0.3 is 0 Å². The maximum absolute atomic E-state index is 13.6. The molecule has 4 heterocycles. The molecular weight excluding hydrogens is 509 g/mol. The number of aryl methyl sites for hydroxylation is 1. The van der Waals surface area contributed by atoms with E-state index in [-0.39, 0.29) is 17.8 Å². The number of nitrogens with zero attached hydrogens (tertiary/aromatic N) is 6. The van der Waals surface area contributed by atoms with Crippen molar-refractivity contribution in [3.8, 4) is 11.3 Å². The van der Waals surface area contributed by atoms with E-state index in [1.807, 2.05) is 26.0 Å². The summed E-state index contributed by atoms with van der Waals surface area (Å²) in [6.07, 6.45) is 3.89. The predicted octanol–water partition coefficient (Wildman–Crippen LogP) is 4.07. The minimum absolute atomic E-state index is 0.0786. The van der Waals surface area contributed by atoms with Crippen LogP contribution in [0.2, 0.25) is 0 Å². The Morgan fingerprint density at radius 1 is 1.10 bits per heavy atom. The second kappa shape index (κ2) is 12.2. The van der Waals surface area contributed by atoms with Gasteiger partial charge in [0, 0.05) is 69.7 Å². The molecule has 3 aromatic rings. The van der Waals surface area contributed by atoms with Crippen molar-refractivity contribution in [3.63, 3.8) is 0 Å². The molecule has 2 atom stereocenters. The lowest BCUT2D eigenvalue weighted by molar-refractivity contribution is 0.0905. The van der Waals surface area contributed by atoms with Gasteiger partial charge in [-0.15, -0.1) is 0 Å². The number of methoxy groups -OCH3 is 1. The average Bonchev–Trinajstić information content (AvgIpc) is 3.39. The van der Waals surface area contributed by atoms with E-state index in [4.69, 9.17) is 14.7 Å². The lowest BCUT2D eigenvalue weighted by atomic mass is 10.1. The molecule has 0 spiro atoms. The zero-order chi connectivity index (χ0) is 28.2. The Morgan fingerprint density at radius 3 is 2.48 bits per heavy atom. The Hall–Kier alpha value is -3.79. The molecule has 5 rings (SSSR count). The highest BCUT2D eigenvalue weighted by Gasteiger charge is 2.26. The third-order valence-corrected chi connectivity index (χ3v) is 7.66. The SMILES string of the molecule is COCC(C)NC(=O)c1cnc(N2CCN(c3cc(-c4ccc(F)cc4)nc(N4CCCC4C)n3)CC2)c(C)c1. The van der Waals surface area contributed by atoms with Crippen LogP contribution in [0, 0.1) is 12.7 Å². The molecule has 2 aliphatic rings. The van der Waals surface area contributed by atoms with Crippen LogP contribution in [0.1, 0.15) is 42.6 Å². The Labute approximate surface area is 235 Å². The van der Waals surface area contributed by atoms with Crippen molar-refractivity contribution >= 4 is 23.5 Å². The lowest BCUT2D eigenvalue weighted by Gasteiger charge is -2.37. The molecular formula is C30H38FN7O2. The zero-order valence-corrected chi connectivity index (χ0v) is 23.7. The summed E-state index contributed by atoms with van der Waals surface area (Å²) in [5, 5.41) is 2.94. The fraction of sp³-hybridized carbons (Fsp3) is 0.467. The van der Waals surface area contributed by atoms with Crippen LogP contribution in [-0.2, 0) is 4.74 Å². The third kappa shape index (κ3) is 6.17. The van der Waals surface area contributed by atoms with Gasteiger partial charge in [-0.25, -0.2) is 14.4 Å². The van der Waals surface area contributed by atoms with Crippen LogP contribution >= 0.6 is 0 Å². The van der Waals surface area contributed by atoms with Crippen LogP contribution < -0.4 is 20.0 Å². The monoisotopic (exact) mass is 547 g/mol. The van der Waals surface area contributed by atoms with E-state index in [2.05, 4.69) is 31.9 Å². The van der Waals surface area contributed by atoms with E-state index in [9.17, 15) is 9.18 Å².